The van der Waals surface area contributed by atoms with Crippen molar-refractivity contribution in [1.82, 2.24) is 5.32 Å². The first-order valence-corrected chi connectivity index (χ1v) is 6.57. The van der Waals surface area contributed by atoms with E-state index in [1.807, 2.05) is 24.3 Å². The average molecular weight is 287 g/mol. The van der Waals surface area contributed by atoms with Crippen molar-refractivity contribution in [3.63, 3.8) is 0 Å². The van der Waals surface area contributed by atoms with Gasteiger partial charge in [0.2, 0.25) is 5.91 Å². The fraction of sp³-hybridized carbons (Fsp3) is 0.250. The monoisotopic (exact) mass is 287 g/mol. The predicted octanol–water partition coefficient (Wildman–Crippen LogP) is 2.50. The Hall–Kier alpha value is -2.56. The van der Waals surface area contributed by atoms with Gasteiger partial charge in [-0.2, -0.15) is 0 Å². The zero-order valence-electron chi connectivity index (χ0n) is 11.9. The molecule has 5 nitrogen and oxygen atoms in total. The normalized spacial score (nSPS) is 11.9. The van der Waals surface area contributed by atoms with Crippen LogP contribution in [0.4, 0.5) is 0 Å². The van der Waals surface area contributed by atoms with Crippen molar-refractivity contribution in [2.75, 3.05) is 7.11 Å². The number of carboxylic acid groups (broad SMARTS) is 1. The molecular weight excluding hydrogens is 270 g/mol. The molecule has 0 unspecified atom stereocenters. The minimum atomic E-state index is -0.964. The number of methoxy groups -OCH3 is 1. The molecule has 1 amide bonds. The number of nitrogens with one attached hydrogen (secondary N) is 1. The molecule has 2 N–H and O–H groups in total. The van der Waals surface area contributed by atoms with Crippen LogP contribution in [0.1, 0.15) is 24.9 Å². The van der Waals surface area contributed by atoms with Crippen molar-refractivity contribution in [3.8, 4) is 5.75 Å². The number of ether oxygens (including phenoxy) is 1. The molecular formula is C16H17NO4. The van der Waals surface area contributed by atoms with Gasteiger partial charge in [-0.15, -0.1) is 0 Å². The Kier molecular flexibility index (Phi) is 4.42. The maximum absolute atomic E-state index is 11.3. The van der Waals surface area contributed by atoms with E-state index in [1.165, 1.54) is 6.92 Å². The van der Waals surface area contributed by atoms with E-state index in [0.717, 1.165) is 16.3 Å². The van der Waals surface area contributed by atoms with Crippen LogP contribution >= 0.6 is 0 Å². The lowest BCUT2D eigenvalue weighted by Crippen LogP contribution is -2.28. The van der Waals surface area contributed by atoms with Gasteiger partial charge in [-0.25, -0.2) is 0 Å². The molecule has 2 aromatic carbocycles. The number of hydrogen-bond acceptors (Lipinski definition) is 3. The van der Waals surface area contributed by atoms with Crippen LogP contribution in [0.15, 0.2) is 36.4 Å². The van der Waals surface area contributed by atoms with Gasteiger partial charge in [0.1, 0.15) is 5.75 Å². The highest BCUT2D eigenvalue weighted by Crippen LogP contribution is 2.32. The van der Waals surface area contributed by atoms with E-state index in [9.17, 15) is 9.59 Å². The molecule has 5 heteroatoms. The lowest BCUT2D eigenvalue weighted by atomic mass is 9.96. The van der Waals surface area contributed by atoms with Crippen LogP contribution in [0.3, 0.4) is 0 Å². The van der Waals surface area contributed by atoms with Crippen LogP contribution in [0, 0.1) is 0 Å². The largest absolute Gasteiger partial charge is 0.496 e. The van der Waals surface area contributed by atoms with Gasteiger partial charge < -0.3 is 15.2 Å². The maximum atomic E-state index is 11.3. The van der Waals surface area contributed by atoms with Crippen LogP contribution in [-0.2, 0) is 9.59 Å². The van der Waals surface area contributed by atoms with Gasteiger partial charge in [-0.3, -0.25) is 9.59 Å². The SMILES string of the molecule is COc1ccc([C@H](CC(=O)O)NC(C)=O)c2ccccc12. The minimum Gasteiger partial charge on any atom is -0.496 e. The smallest absolute Gasteiger partial charge is 0.305 e. The van der Waals surface area contributed by atoms with Crippen LogP contribution in [0.2, 0.25) is 0 Å². The molecule has 0 aromatic heterocycles. The van der Waals surface area contributed by atoms with Gasteiger partial charge in [-0.05, 0) is 17.0 Å². The highest BCUT2D eigenvalue weighted by atomic mass is 16.5. The highest BCUT2D eigenvalue weighted by molar-refractivity contribution is 5.92. The van der Waals surface area contributed by atoms with Crippen molar-refractivity contribution in [1.29, 1.82) is 0 Å². The third-order valence-corrected chi connectivity index (χ3v) is 3.27. The van der Waals surface area contributed by atoms with Crippen molar-refractivity contribution in [3.05, 3.63) is 42.0 Å². The number of carbonyl (C=O) groups excluding carboxylic acids is 1. The lowest BCUT2D eigenvalue weighted by Gasteiger charge is -2.19. The van der Waals surface area contributed by atoms with Gasteiger partial charge >= 0.3 is 5.97 Å². The van der Waals surface area contributed by atoms with Crippen LogP contribution < -0.4 is 10.1 Å². The van der Waals surface area contributed by atoms with E-state index in [4.69, 9.17) is 9.84 Å². The predicted molar refractivity (Wildman–Crippen MR) is 79.3 cm³/mol. The van der Waals surface area contributed by atoms with Crippen molar-refractivity contribution >= 4 is 22.6 Å². The van der Waals surface area contributed by atoms with E-state index in [1.54, 1.807) is 19.2 Å². The van der Waals surface area contributed by atoms with Crippen molar-refractivity contribution in [2.45, 2.75) is 19.4 Å². The van der Waals surface area contributed by atoms with Crippen LogP contribution in [0.25, 0.3) is 10.8 Å². The summed E-state index contributed by atoms with van der Waals surface area (Å²) < 4.78 is 5.32. The second-order valence-corrected chi connectivity index (χ2v) is 4.75. The molecule has 2 rings (SSSR count). The number of benzene rings is 2. The first kappa shape index (κ1) is 14.8. The third-order valence-electron chi connectivity index (χ3n) is 3.27. The Morgan fingerprint density at radius 1 is 1.19 bits per heavy atom. The first-order chi connectivity index (χ1) is 10.0. The van der Waals surface area contributed by atoms with Gasteiger partial charge in [0.25, 0.3) is 0 Å². The molecule has 0 heterocycles. The quantitative estimate of drug-likeness (QED) is 0.886. The first-order valence-electron chi connectivity index (χ1n) is 6.57. The summed E-state index contributed by atoms with van der Waals surface area (Å²) in [5.74, 6) is -0.513. The van der Waals surface area contributed by atoms with E-state index < -0.39 is 12.0 Å². The summed E-state index contributed by atoms with van der Waals surface area (Å²) in [5.41, 5.74) is 0.768. The fourth-order valence-electron chi connectivity index (χ4n) is 2.44. The number of rotatable bonds is 5. The summed E-state index contributed by atoms with van der Waals surface area (Å²) in [6, 6.07) is 10.6. The summed E-state index contributed by atoms with van der Waals surface area (Å²) in [4.78, 5) is 22.4. The maximum Gasteiger partial charge on any atom is 0.305 e. The third kappa shape index (κ3) is 3.31. The second-order valence-electron chi connectivity index (χ2n) is 4.75. The zero-order valence-corrected chi connectivity index (χ0v) is 11.9. The molecule has 110 valence electrons. The molecule has 0 bridgehead atoms. The molecule has 1 atom stereocenters. The zero-order chi connectivity index (χ0) is 15.4. The van der Waals surface area contributed by atoms with Crippen LogP contribution in [0.5, 0.6) is 5.75 Å². The molecule has 0 aliphatic carbocycles. The van der Waals surface area contributed by atoms with Gasteiger partial charge in [0.15, 0.2) is 0 Å². The fourth-order valence-corrected chi connectivity index (χ4v) is 2.44. The molecule has 0 spiro atoms. The number of aliphatic carboxylic acids is 1. The molecule has 0 aliphatic heterocycles. The van der Waals surface area contributed by atoms with E-state index in [0.29, 0.717) is 5.75 Å². The van der Waals surface area contributed by atoms with E-state index in [-0.39, 0.29) is 12.3 Å². The molecule has 2 aromatic rings. The molecule has 0 saturated carbocycles. The second kappa shape index (κ2) is 6.26. The molecule has 0 aliphatic rings. The molecule has 21 heavy (non-hydrogen) atoms. The van der Waals surface area contributed by atoms with E-state index in [2.05, 4.69) is 5.32 Å². The Morgan fingerprint density at radius 3 is 2.43 bits per heavy atom. The Balaban J connectivity index is 2.57. The number of amides is 1. The number of carboxylic acids is 1. The van der Waals surface area contributed by atoms with Gasteiger partial charge in [0.05, 0.1) is 19.6 Å². The number of hydrogen-bond donors (Lipinski definition) is 2. The summed E-state index contributed by atoms with van der Waals surface area (Å²) in [6.07, 6.45) is -0.171. The van der Waals surface area contributed by atoms with E-state index >= 15 is 0 Å². The Labute approximate surface area is 122 Å². The summed E-state index contributed by atoms with van der Waals surface area (Å²) >= 11 is 0. The molecule has 0 fully saturated rings. The highest BCUT2D eigenvalue weighted by Gasteiger charge is 2.19. The molecule has 0 radical (unpaired) electrons. The average Bonchev–Trinajstić information content (AvgIpc) is 2.44. The standard InChI is InChI=1S/C16H17NO4/c1-10(18)17-14(9-16(19)20)12-7-8-15(21-2)13-6-4-3-5-11(12)13/h3-8,14H,9H2,1-2H3,(H,17,18)(H,19,20)/t14-/m0/s1. The Morgan fingerprint density at radius 2 is 1.86 bits per heavy atom. The van der Waals surface area contributed by atoms with Crippen molar-refractivity contribution in [2.24, 2.45) is 0 Å². The number of carbonyl (C=O) groups is 2. The summed E-state index contributed by atoms with van der Waals surface area (Å²) in [5, 5.41) is 13.5. The summed E-state index contributed by atoms with van der Waals surface area (Å²) in [7, 11) is 1.59. The minimum absolute atomic E-state index is 0.171. The van der Waals surface area contributed by atoms with Gasteiger partial charge in [0, 0.05) is 12.3 Å². The topological polar surface area (TPSA) is 75.6 Å². The lowest BCUT2D eigenvalue weighted by molar-refractivity contribution is -0.137. The van der Waals surface area contributed by atoms with Gasteiger partial charge in [-0.1, -0.05) is 30.3 Å². The summed E-state index contributed by atoms with van der Waals surface area (Å²) in [6.45, 7) is 1.38. The van der Waals surface area contributed by atoms with Crippen LogP contribution in [-0.4, -0.2) is 24.1 Å². The Bertz CT molecular complexity index is 665. The molecule has 0 saturated heterocycles. The number of fused-ring (bicyclic) bond motifs is 1. The van der Waals surface area contributed by atoms with Crippen molar-refractivity contribution < 1.29 is 19.4 Å².